The zero-order valence-corrected chi connectivity index (χ0v) is 18.4. The first-order chi connectivity index (χ1) is 14.6. The Morgan fingerprint density at radius 1 is 1.27 bits per heavy atom. The summed E-state index contributed by atoms with van der Waals surface area (Å²) in [6.07, 6.45) is 8.37. The molecule has 0 unspecified atom stereocenters. The smallest absolute Gasteiger partial charge is 0.249 e. The number of amides is 1. The Hall–Kier alpha value is -1.86. The summed E-state index contributed by atoms with van der Waals surface area (Å²) < 4.78 is 10.8. The number of hydrogen-bond donors (Lipinski definition) is 1. The number of anilines is 1. The summed E-state index contributed by atoms with van der Waals surface area (Å²) in [5.41, 5.74) is 1.29. The third kappa shape index (κ3) is 5.06. The molecule has 3 heterocycles. The highest BCUT2D eigenvalue weighted by molar-refractivity contribution is 5.80. The second-order valence-electron chi connectivity index (χ2n) is 8.93. The summed E-state index contributed by atoms with van der Waals surface area (Å²) in [5.74, 6) is 2.95. The third-order valence-corrected chi connectivity index (χ3v) is 7.04. The molecule has 1 amide bonds. The molecule has 2 fully saturated rings. The van der Waals surface area contributed by atoms with Gasteiger partial charge in [-0.05, 0) is 57.6 Å². The first-order valence-corrected chi connectivity index (χ1v) is 11.5. The van der Waals surface area contributed by atoms with E-state index >= 15 is 0 Å². The van der Waals surface area contributed by atoms with Gasteiger partial charge in [-0.25, -0.2) is 4.98 Å². The molecule has 3 aliphatic rings. The lowest BCUT2D eigenvalue weighted by Gasteiger charge is -2.37. The van der Waals surface area contributed by atoms with E-state index in [4.69, 9.17) is 9.47 Å². The van der Waals surface area contributed by atoms with Crippen molar-refractivity contribution in [2.75, 3.05) is 51.3 Å². The molecule has 7 nitrogen and oxygen atoms in total. The van der Waals surface area contributed by atoms with E-state index in [0.29, 0.717) is 6.04 Å². The van der Waals surface area contributed by atoms with E-state index in [1.54, 1.807) is 14.0 Å². The lowest BCUT2D eigenvalue weighted by molar-refractivity contribution is -0.131. The molecule has 1 atom stereocenters. The Kier molecular flexibility index (Phi) is 7.10. The van der Waals surface area contributed by atoms with Gasteiger partial charge in [0.25, 0.3) is 0 Å². The van der Waals surface area contributed by atoms with E-state index in [0.717, 1.165) is 69.5 Å². The van der Waals surface area contributed by atoms with Crippen molar-refractivity contribution < 1.29 is 14.3 Å². The van der Waals surface area contributed by atoms with Gasteiger partial charge in [-0.1, -0.05) is 0 Å². The van der Waals surface area contributed by atoms with Gasteiger partial charge >= 0.3 is 0 Å². The van der Waals surface area contributed by atoms with Crippen LogP contribution >= 0.6 is 0 Å². The minimum atomic E-state index is -0.360. The Morgan fingerprint density at radius 2 is 2.03 bits per heavy atom. The van der Waals surface area contributed by atoms with Crippen LogP contribution in [-0.4, -0.2) is 74.4 Å². The average Bonchev–Trinajstić information content (AvgIpc) is 3.27. The Labute approximate surface area is 180 Å². The molecule has 4 rings (SSSR count). The van der Waals surface area contributed by atoms with Crippen molar-refractivity contribution >= 4 is 11.7 Å². The first-order valence-electron chi connectivity index (χ1n) is 11.5. The second kappa shape index (κ2) is 9.96. The number of carbonyl (C=O) groups excluding carboxylic acids is 1. The predicted molar refractivity (Wildman–Crippen MR) is 117 cm³/mol. The standard InChI is InChI=1S/C23H36N4O3/c1-17(29-2)23(28)25-19-5-3-18(4-6-19)8-11-26-12-14-27(15-13-26)22-20-9-16-30-21(20)7-10-24-22/h7,10,17-19H,3-6,8-9,11-16H2,1-2H3,(H,25,28)/t17-,18?,19?/m0/s1. The molecule has 7 heteroatoms. The van der Waals surface area contributed by atoms with Crippen molar-refractivity contribution in [2.45, 2.75) is 57.6 Å². The van der Waals surface area contributed by atoms with Crippen LogP contribution in [0.5, 0.6) is 5.75 Å². The number of aromatic nitrogens is 1. The molecule has 0 spiro atoms. The molecule has 1 aliphatic carbocycles. The molecule has 166 valence electrons. The molecule has 0 aromatic carbocycles. The van der Waals surface area contributed by atoms with Crippen LogP contribution < -0.4 is 15.0 Å². The normalized spacial score (nSPS) is 25.5. The molecule has 0 bridgehead atoms. The van der Waals surface area contributed by atoms with Gasteiger partial charge in [0.1, 0.15) is 17.7 Å². The lowest BCUT2D eigenvalue weighted by Crippen LogP contribution is -2.47. The minimum Gasteiger partial charge on any atom is -0.493 e. The summed E-state index contributed by atoms with van der Waals surface area (Å²) in [4.78, 5) is 21.7. The Bertz CT molecular complexity index is 712. The number of methoxy groups -OCH3 is 1. The maximum absolute atomic E-state index is 12.0. The van der Waals surface area contributed by atoms with E-state index in [9.17, 15) is 4.79 Å². The first kappa shape index (κ1) is 21.4. The maximum atomic E-state index is 12.0. The topological polar surface area (TPSA) is 66.9 Å². The van der Waals surface area contributed by atoms with Crippen molar-refractivity contribution in [3.63, 3.8) is 0 Å². The van der Waals surface area contributed by atoms with Crippen molar-refractivity contribution in [1.29, 1.82) is 0 Å². The number of rotatable bonds is 7. The summed E-state index contributed by atoms with van der Waals surface area (Å²) in [5, 5.41) is 3.14. The summed E-state index contributed by atoms with van der Waals surface area (Å²) in [6, 6.07) is 2.31. The highest BCUT2D eigenvalue weighted by Crippen LogP contribution is 2.32. The molecular weight excluding hydrogens is 380 g/mol. The summed E-state index contributed by atoms with van der Waals surface area (Å²) in [7, 11) is 1.58. The largest absolute Gasteiger partial charge is 0.493 e. The summed E-state index contributed by atoms with van der Waals surface area (Å²) in [6.45, 7) is 8.06. The molecule has 1 aromatic rings. The SMILES string of the molecule is CO[C@@H](C)C(=O)NC1CCC(CCN2CCN(c3nccc4c3CCO4)CC2)CC1. The molecule has 1 saturated heterocycles. The Morgan fingerprint density at radius 3 is 2.77 bits per heavy atom. The monoisotopic (exact) mass is 416 g/mol. The molecular formula is C23H36N4O3. The second-order valence-corrected chi connectivity index (χ2v) is 8.93. The molecule has 1 N–H and O–H groups in total. The van der Waals surface area contributed by atoms with Gasteiger partial charge in [0, 0.05) is 57.5 Å². The number of piperazine rings is 1. The fraction of sp³-hybridized carbons (Fsp3) is 0.739. The van der Waals surface area contributed by atoms with Crippen LogP contribution in [0.4, 0.5) is 5.82 Å². The molecule has 0 radical (unpaired) electrons. The van der Waals surface area contributed by atoms with Crippen LogP contribution in [0.15, 0.2) is 12.3 Å². The van der Waals surface area contributed by atoms with E-state index in [2.05, 4.69) is 20.1 Å². The highest BCUT2D eigenvalue weighted by Gasteiger charge is 2.27. The van der Waals surface area contributed by atoms with Crippen LogP contribution in [0.25, 0.3) is 0 Å². The highest BCUT2D eigenvalue weighted by atomic mass is 16.5. The number of nitrogens with zero attached hydrogens (tertiary/aromatic N) is 3. The summed E-state index contributed by atoms with van der Waals surface area (Å²) >= 11 is 0. The van der Waals surface area contributed by atoms with Crippen LogP contribution in [-0.2, 0) is 16.0 Å². The minimum absolute atomic E-state index is 0.0175. The number of carbonyl (C=O) groups is 1. The van der Waals surface area contributed by atoms with Gasteiger partial charge in [0.05, 0.1) is 6.61 Å². The van der Waals surface area contributed by atoms with Gasteiger partial charge in [-0.15, -0.1) is 0 Å². The van der Waals surface area contributed by atoms with E-state index in [1.165, 1.54) is 31.4 Å². The van der Waals surface area contributed by atoms with Crippen molar-refractivity contribution in [3.8, 4) is 5.75 Å². The van der Waals surface area contributed by atoms with Crippen molar-refractivity contribution in [1.82, 2.24) is 15.2 Å². The van der Waals surface area contributed by atoms with Crippen LogP contribution in [0.2, 0.25) is 0 Å². The fourth-order valence-electron chi connectivity index (χ4n) is 4.94. The van der Waals surface area contributed by atoms with Crippen molar-refractivity contribution in [2.24, 2.45) is 5.92 Å². The van der Waals surface area contributed by atoms with E-state index < -0.39 is 0 Å². The number of nitrogens with one attached hydrogen (secondary N) is 1. The van der Waals surface area contributed by atoms with Crippen LogP contribution in [0.3, 0.4) is 0 Å². The third-order valence-electron chi connectivity index (χ3n) is 7.04. The van der Waals surface area contributed by atoms with E-state index in [1.807, 2.05) is 12.3 Å². The van der Waals surface area contributed by atoms with Crippen LogP contribution in [0.1, 0.15) is 44.6 Å². The van der Waals surface area contributed by atoms with E-state index in [-0.39, 0.29) is 12.0 Å². The van der Waals surface area contributed by atoms with Gasteiger partial charge < -0.3 is 19.7 Å². The van der Waals surface area contributed by atoms with Crippen LogP contribution in [0, 0.1) is 5.92 Å². The van der Waals surface area contributed by atoms with Crippen molar-refractivity contribution in [3.05, 3.63) is 17.8 Å². The number of ether oxygens (including phenoxy) is 2. The molecule has 1 aromatic heterocycles. The number of pyridine rings is 1. The fourth-order valence-corrected chi connectivity index (χ4v) is 4.94. The molecule has 2 aliphatic heterocycles. The zero-order chi connectivity index (χ0) is 20.9. The van der Waals surface area contributed by atoms with Gasteiger partial charge in [-0.2, -0.15) is 0 Å². The molecule has 1 saturated carbocycles. The zero-order valence-electron chi connectivity index (χ0n) is 18.4. The predicted octanol–water partition coefficient (Wildman–Crippen LogP) is 2.24. The lowest BCUT2D eigenvalue weighted by atomic mass is 9.84. The van der Waals surface area contributed by atoms with Gasteiger partial charge in [-0.3, -0.25) is 9.69 Å². The molecule has 30 heavy (non-hydrogen) atoms. The quantitative estimate of drug-likeness (QED) is 0.735. The number of fused-ring (bicyclic) bond motifs is 1. The van der Waals surface area contributed by atoms with Gasteiger partial charge in [0.15, 0.2) is 0 Å². The maximum Gasteiger partial charge on any atom is 0.249 e. The van der Waals surface area contributed by atoms with Gasteiger partial charge in [0.2, 0.25) is 5.91 Å². The number of hydrogen-bond acceptors (Lipinski definition) is 6. The Balaban J connectivity index is 1.16. The average molecular weight is 417 g/mol.